The molecular weight excluding hydrogens is 391 g/mol. The van der Waals surface area contributed by atoms with Crippen LogP contribution in [0.1, 0.15) is 48.4 Å². The molecule has 2 atom stereocenters. The van der Waals surface area contributed by atoms with Crippen LogP contribution in [0.15, 0.2) is 48.5 Å². The molecule has 3 saturated heterocycles. The van der Waals surface area contributed by atoms with Crippen LogP contribution in [0, 0.1) is 11.2 Å². The molecule has 2 aromatic rings. The first-order valence-electron chi connectivity index (χ1n) is 11.5. The molecule has 0 spiro atoms. The Hall–Kier alpha value is -2.24. The lowest BCUT2D eigenvalue weighted by atomic mass is 9.68. The van der Waals surface area contributed by atoms with E-state index in [2.05, 4.69) is 17.0 Å². The number of halogens is 1. The predicted molar refractivity (Wildman–Crippen MR) is 118 cm³/mol. The first-order valence-corrected chi connectivity index (χ1v) is 11.5. The van der Waals surface area contributed by atoms with Crippen molar-refractivity contribution in [3.8, 4) is 0 Å². The molecule has 4 heterocycles. The molecule has 0 aliphatic carbocycles. The maximum Gasteiger partial charge on any atom is 0.252 e. The number of methoxy groups -OCH3 is 1. The number of nitrogens with zero attached hydrogens (tertiary/aromatic N) is 2. The topological polar surface area (TPSA) is 32.8 Å². The Balaban J connectivity index is 1.45. The van der Waals surface area contributed by atoms with E-state index in [1.807, 2.05) is 17.0 Å². The van der Waals surface area contributed by atoms with Crippen molar-refractivity contribution in [2.45, 2.75) is 44.2 Å². The number of carbonyl (C=O) groups excluding carboxylic acids is 1. The Kier molecular flexibility index (Phi) is 5.57. The zero-order valence-corrected chi connectivity index (χ0v) is 18.2. The number of fused-ring (bicyclic) bond motifs is 4. The molecule has 0 aromatic heterocycles. The number of rotatable bonds is 5. The number of amides is 1. The van der Waals surface area contributed by atoms with Gasteiger partial charge in [-0.3, -0.25) is 4.79 Å². The highest BCUT2D eigenvalue weighted by molar-refractivity contribution is 5.82. The van der Waals surface area contributed by atoms with Crippen molar-refractivity contribution in [3.63, 3.8) is 0 Å². The first kappa shape index (κ1) is 20.7. The molecule has 1 amide bonds. The lowest BCUT2D eigenvalue weighted by Crippen LogP contribution is -2.52. The van der Waals surface area contributed by atoms with Gasteiger partial charge >= 0.3 is 0 Å². The van der Waals surface area contributed by atoms with E-state index >= 15 is 0 Å². The number of hydrogen-bond donors (Lipinski definition) is 0. The van der Waals surface area contributed by atoms with Crippen LogP contribution in [0.5, 0.6) is 0 Å². The SMILES string of the molecule is COC(CC12CCN(CC1)CC2)C(=O)N1CCc2ccccc2[C@@H]1c1ccc(F)cc1. The predicted octanol–water partition coefficient (Wildman–Crippen LogP) is 4.19. The molecule has 4 aliphatic rings. The Labute approximate surface area is 184 Å². The summed E-state index contributed by atoms with van der Waals surface area (Å²) in [6.45, 7) is 4.07. The van der Waals surface area contributed by atoms with Gasteiger partial charge in [0.1, 0.15) is 11.9 Å². The lowest BCUT2D eigenvalue weighted by Gasteiger charge is -2.50. The van der Waals surface area contributed by atoms with Crippen LogP contribution in [-0.2, 0) is 16.0 Å². The van der Waals surface area contributed by atoms with Crippen molar-refractivity contribution in [1.82, 2.24) is 9.80 Å². The van der Waals surface area contributed by atoms with E-state index in [1.54, 1.807) is 19.2 Å². The van der Waals surface area contributed by atoms with Gasteiger partial charge in [0.15, 0.2) is 0 Å². The molecule has 4 nitrogen and oxygen atoms in total. The Morgan fingerprint density at radius 3 is 2.42 bits per heavy atom. The van der Waals surface area contributed by atoms with Crippen molar-refractivity contribution < 1.29 is 13.9 Å². The second kappa shape index (κ2) is 8.36. The fraction of sp³-hybridized carbons (Fsp3) is 0.500. The van der Waals surface area contributed by atoms with E-state index in [9.17, 15) is 9.18 Å². The highest BCUT2D eigenvalue weighted by atomic mass is 19.1. The van der Waals surface area contributed by atoms with E-state index in [0.717, 1.165) is 62.9 Å². The summed E-state index contributed by atoms with van der Waals surface area (Å²) in [4.78, 5) is 18.3. The van der Waals surface area contributed by atoms with E-state index in [4.69, 9.17) is 4.74 Å². The molecular formula is C26H31FN2O2. The highest BCUT2D eigenvalue weighted by Gasteiger charge is 2.44. The van der Waals surface area contributed by atoms with Crippen LogP contribution < -0.4 is 0 Å². The molecule has 3 fully saturated rings. The summed E-state index contributed by atoms with van der Waals surface area (Å²) in [6, 6.07) is 14.7. The van der Waals surface area contributed by atoms with Gasteiger partial charge in [-0.05, 0) is 86.0 Å². The second-order valence-corrected chi connectivity index (χ2v) is 9.45. The molecule has 2 bridgehead atoms. The third-order valence-corrected chi connectivity index (χ3v) is 7.81. The molecule has 0 radical (unpaired) electrons. The summed E-state index contributed by atoms with van der Waals surface area (Å²) >= 11 is 0. The maximum atomic E-state index is 13.9. The standard InChI is InChI=1S/C26H31FN2O2/c1-31-23(18-26-11-15-28(16-12-26)17-13-26)25(30)29-14-10-19-4-2-3-5-22(19)24(29)20-6-8-21(27)9-7-20/h2-9,23-24H,10-18H2,1H3/t23?,24-/m0/s1. The van der Waals surface area contributed by atoms with Crippen molar-refractivity contribution in [3.05, 3.63) is 71.0 Å². The molecule has 0 N–H and O–H groups in total. The van der Waals surface area contributed by atoms with E-state index in [1.165, 1.54) is 17.7 Å². The molecule has 5 heteroatoms. The molecule has 164 valence electrons. The minimum Gasteiger partial charge on any atom is -0.372 e. The zero-order valence-electron chi connectivity index (χ0n) is 18.2. The summed E-state index contributed by atoms with van der Waals surface area (Å²) in [7, 11) is 1.67. The Morgan fingerprint density at radius 2 is 1.74 bits per heavy atom. The molecule has 0 saturated carbocycles. The fourth-order valence-corrected chi connectivity index (χ4v) is 5.86. The molecule has 1 unspecified atom stereocenters. The van der Waals surface area contributed by atoms with Gasteiger partial charge in [0.05, 0.1) is 6.04 Å². The van der Waals surface area contributed by atoms with Crippen molar-refractivity contribution >= 4 is 5.91 Å². The molecule has 2 aromatic carbocycles. The van der Waals surface area contributed by atoms with Crippen molar-refractivity contribution in [1.29, 1.82) is 0 Å². The van der Waals surface area contributed by atoms with E-state index in [-0.39, 0.29) is 23.2 Å². The highest BCUT2D eigenvalue weighted by Crippen LogP contribution is 2.45. The average Bonchev–Trinajstić information content (AvgIpc) is 2.83. The number of hydrogen-bond acceptors (Lipinski definition) is 3. The van der Waals surface area contributed by atoms with E-state index < -0.39 is 6.10 Å². The second-order valence-electron chi connectivity index (χ2n) is 9.45. The molecule has 31 heavy (non-hydrogen) atoms. The van der Waals surface area contributed by atoms with Gasteiger partial charge in [-0.2, -0.15) is 0 Å². The molecule has 4 aliphatic heterocycles. The van der Waals surface area contributed by atoms with Crippen LogP contribution in [0.25, 0.3) is 0 Å². The third-order valence-electron chi connectivity index (χ3n) is 7.81. The lowest BCUT2D eigenvalue weighted by molar-refractivity contribution is -0.148. The summed E-state index contributed by atoms with van der Waals surface area (Å²) in [5, 5.41) is 0. The smallest absolute Gasteiger partial charge is 0.252 e. The minimum atomic E-state index is -0.433. The summed E-state index contributed by atoms with van der Waals surface area (Å²) in [5.41, 5.74) is 3.56. The summed E-state index contributed by atoms with van der Waals surface area (Å²) in [5.74, 6) is -0.197. The van der Waals surface area contributed by atoms with Crippen molar-refractivity contribution in [2.75, 3.05) is 33.3 Å². The Bertz CT molecular complexity index is 923. The average molecular weight is 423 g/mol. The van der Waals surface area contributed by atoms with Crippen LogP contribution in [0.3, 0.4) is 0 Å². The largest absolute Gasteiger partial charge is 0.372 e. The number of carbonyl (C=O) groups is 1. The fourth-order valence-electron chi connectivity index (χ4n) is 5.86. The molecule has 6 rings (SSSR count). The number of piperidine rings is 3. The van der Waals surface area contributed by atoms with Gasteiger partial charge in [0.2, 0.25) is 0 Å². The quantitative estimate of drug-likeness (QED) is 0.724. The minimum absolute atomic E-state index is 0.0636. The number of benzene rings is 2. The zero-order chi connectivity index (χ0) is 21.4. The third kappa shape index (κ3) is 3.90. The van der Waals surface area contributed by atoms with Gasteiger partial charge in [0, 0.05) is 13.7 Å². The Morgan fingerprint density at radius 1 is 1.06 bits per heavy atom. The summed E-state index contributed by atoms with van der Waals surface area (Å²) in [6.07, 6.45) is 4.66. The monoisotopic (exact) mass is 422 g/mol. The van der Waals surface area contributed by atoms with Crippen LogP contribution >= 0.6 is 0 Å². The normalized spacial score (nSPS) is 28.3. The summed E-state index contributed by atoms with van der Waals surface area (Å²) < 4.78 is 19.5. The maximum absolute atomic E-state index is 13.9. The van der Waals surface area contributed by atoms with Crippen LogP contribution in [-0.4, -0.2) is 55.1 Å². The first-order chi connectivity index (χ1) is 15.1. The van der Waals surface area contributed by atoms with Gasteiger partial charge in [-0.15, -0.1) is 0 Å². The van der Waals surface area contributed by atoms with Gasteiger partial charge in [0.25, 0.3) is 5.91 Å². The van der Waals surface area contributed by atoms with Crippen LogP contribution in [0.2, 0.25) is 0 Å². The van der Waals surface area contributed by atoms with Gasteiger partial charge in [-0.1, -0.05) is 36.4 Å². The van der Waals surface area contributed by atoms with Crippen molar-refractivity contribution in [2.24, 2.45) is 5.41 Å². The van der Waals surface area contributed by atoms with E-state index in [0.29, 0.717) is 6.54 Å². The number of ether oxygens (including phenoxy) is 1. The van der Waals surface area contributed by atoms with Gasteiger partial charge < -0.3 is 14.5 Å². The van der Waals surface area contributed by atoms with Crippen LogP contribution in [0.4, 0.5) is 4.39 Å². The van der Waals surface area contributed by atoms with Gasteiger partial charge in [-0.25, -0.2) is 4.39 Å².